The molecule has 0 spiro atoms. The van der Waals surface area contributed by atoms with Crippen LogP contribution in [0.2, 0.25) is 0 Å². The van der Waals surface area contributed by atoms with Crippen LogP contribution in [-0.2, 0) is 0 Å². The highest BCUT2D eigenvalue weighted by Gasteiger charge is 2.65. The molecule has 0 bridgehead atoms. The van der Waals surface area contributed by atoms with Crippen molar-refractivity contribution >= 4 is 11.6 Å². The van der Waals surface area contributed by atoms with Crippen LogP contribution in [-0.4, -0.2) is 23.1 Å². The molecular formula is C13H22N4. The van der Waals surface area contributed by atoms with Crippen molar-refractivity contribution in [2.45, 2.75) is 40.7 Å². The number of nitrogens with zero attached hydrogens (tertiary/aromatic N) is 2. The number of anilines is 2. The van der Waals surface area contributed by atoms with Gasteiger partial charge in [-0.3, -0.25) is 0 Å². The van der Waals surface area contributed by atoms with E-state index >= 15 is 0 Å². The van der Waals surface area contributed by atoms with E-state index in [1.54, 1.807) is 6.33 Å². The lowest BCUT2D eigenvalue weighted by molar-refractivity contribution is 0.457. The summed E-state index contributed by atoms with van der Waals surface area (Å²) >= 11 is 0. The van der Waals surface area contributed by atoms with Crippen LogP contribution in [0, 0.1) is 17.8 Å². The first-order valence-corrected chi connectivity index (χ1v) is 6.08. The summed E-state index contributed by atoms with van der Waals surface area (Å²) in [7, 11) is 1.88. The fraction of sp³-hybridized carbons (Fsp3) is 0.692. The van der Waals surface area contributed by atoms with Gasteiger partial charge in [0, 0.05) is 18.7 Å². The van der Waals surface area contributed by atoms with Gasteiger partial charge in [-0.1, -0.05) is 27.7 Å². The molecule has 4 heteroatoms. The minimum absolute atomic E-state index is 0.310. The number of hydrogen-bond acceptors (Lipinski definition) is 4. The lowest BCUT2D eigenvalue weighted by Crippen LogP contribution is -2.13. The van der Waals surface area contributed by atoms with Gasteiger partial charge in [0.1, 0.15) is 18.0 Å². The molecule has 1 aliphatic rings. The second-order valence-electron chi connectivity index (χ2n) is 5.97. The highest BCUT2D eigenvalue weighted by molar-refractivity contribution is 5.57. The molecule has 0 radical (unpaired) electrons. The highest BCUT2D eigenvalue weighted by Crippen LogP contribution is 2.63. The van der Waals surface area contributed by atoms with Gasteiger partial charge in [0.15, 0.2) is 0 Å². The van der Waals surface area contributed by atoms with E-state index in [2.05, 4.69) is 48.3 Å². The second kappa shape index (κ2) is 3.59. The van der Waals surface area contributed by atoms with Crippen molar-refractivity contribution in [2.75, 3.05) is 17.7 Å². The van der Waals surface area contributed by atoms with Gasteiger partial charge in [-0.05, 0) is 17.8 Å². The van der Waals surface area contributed by atoms with E-state index in [1.807, 2.05) is 14.0 Å². The Kier molecular flexibility index (Phi) is 2.56. The summed E-state index contributed by atoms with van der Waals surface area (Å²) in [4.78, 5) is 8.53. The predicted octanol–water partition coefficient (Wildman–Crippen LogP) is 2.67. The summed E-state index contributed by atoms with van der Waals surface area (Å²) in [5, 5.41) is 6.63. The van der Waals surface area contributed by atoms with E-state index in [0.29, 0.717) is 16.9 Å². The Morgan fingerprint density at radius 3 is 2.06 bits per heavy atom. The molecule has 0 aliphatic heterocycles. The lowest BCUT2D eigenvalue weighted by atomic mass is 10.0. The Balaban J connectivity index is 2.22. The summed E-state index contributed by atoms with van der Waals surface area (Å²) < 4.78 is 0. The fourth-order valence-electron chi connectivity index (χ4n) is 2.54. The van der Waals surface area contributed by atoms with Gasteiger partial charge in [0.05, 0.1) is 0 Å². The van der Waals surface area contributed by atoms with E-state index in [-0.39, 0.29) is 0 Å². The molecule has 2 rings (SSSR count). The van der Waals surface area contributed by atoms with Crippen LogP contribution in [0.1, 0.15) is 33.3 Å². The summed E-state index contributed by atoms with van der Waals surface area (Å²) in [5.74, 6) is 1.83. The molecule has 0 saturated heterocycles. The van der Waals surface area contributed by atoms with E-state index in [9.17, 15) is 0 Å². The van der Waals surface area contributed by atoms with Gasteiger partial charge >= 0.3 is 0 Å². The van der Waals surface area contributed by atoms with Gasteiger partial charge in [-0.25, -0.2) is 9.97 Å². The molecule has 94 valence electrons. The molecule has 1 aliphatic carbocycles. The second-order valence-corrected chi connectivity index (χ2v) is 5.97. The SMILES string of the molecule is CNc1ncnc(NC2C(C)(C)C2(C)C)c1C. The van der Waals surface area contributed by atoms with Crippen molar-refractivity contribution in [3.8, 4) is 0 Å². The molecule has 1 fully saturated rings. The van der Waals surface area contributed by atoms with Crippen molar-refractivity contribution in [1.29, 1.82) is 0 Å². The first-order chi connectivity index (χ1) is 7.82. The van der Waals surface area contributed by atoms with Crippen molar-refractivity contribution in [2.24, 2.45) is 10.8 Å². The molecule has 1 aromatic rings. The lowest BCUT2D eigenvalue weighted by Gasteiger charge is -2.12. The third-order valence-corrected chi connectivity index (χ3v) is 4.62. The molecule has 0 atom stereocenters. The van der Waals surface area contributed by atoms with Gasteiger partial charge < -0.3 is 10.6 Å². The Morgan fingerprint density at radius 1 is 1.06 bits per heavy atom. The Labute approximate surface area is 103 Å². The maximum absolute atomic E-state index is 4.34. The topological polar surface area (TPSA) is 49.8 Å². The normalized spacial score (nSPS) is 21.1. The zero-order valence-corrected chi connectivity index (χ0v) is 11.5. The zero-order chi connectivity index (χ0) is 12.8. The minimum atomic E-state index is 0.310. The third kappa shape index (κ3) is 1.66. The van der Waals surface area contributed by atoms with Gasteiger partial charge in [0.25, 0.3) is 0 Å². The molecule has 1 aromatic heterocycles. The minimum Gasteiger partial charge on any atom is -0.373 e. The first kappa shape index (κ1) is 12.1. The van der Waals surface area contributed by atoms with Crippen LogP contribution in [0.15, 0.2) is 6.33 Å². The molecule has 0 unspecified atom stereocenters. The highest BCUT2D eigenvalue weighted by atomic mass is 15.1. The third-order valence-electron chi connectivity index (χ3n) is 4.62. The standard InChI is InChI=1S/C13H22N4/c1-8-9(14-6)15-7-16-10(8)17-11-12(2,3)13(11,4)5/h7,11H,1-6H3,(H2,14,15,16,17). The van der Waals surface area contributed by atoms with E-state index in [1.165, 1.54) is 0 Å². The van der Waals surface area contributed by atoms with Crippen LogP contribution in [0.5, 0.6) is 0 Å². The Hall–Kier alpha value is -1.32. The van der Waals surface area contributed by atoms with E-state index < -0.39 is 0 Å². The maximum Gasteiger partial charge on any atom is 0.134 e. The first-order valence-electron chi connectivity index (χ1n) is 6.08. The number of rotatable bonds is 3. The molecule has 0 aromatic carbocycles. The van der Waals surface area contributed by atoms with Crippen molar-refractivity contribution in [3.63, 3.8) is 0 Å². The Bertz CT molecular complexity index is 423. The zero-order valence-electron chi connectivity index (χ0n) is 11.5. The molecule has 17 heavy (non-hydrogen) atoms. The number of nitrogens with one attached hydrogen (secondary N) is 2. The van der Waals surface area contributed by atoms with Crippen LogP contribution in [0.4, 0.5) is 11.6 Å². The number of hydrogen-bond donors (Lipinski definition) is 2. The summed E-state index contributed by atoms with van der Waals surface area (Å²) in [5.41, 5.74) is 1.70. The van der Waals surface area contributed by atoms with Crippen molar-refractivity contribution < 1.29 is 0 Å². The average molecular weight is 234 g/mol. The van der Waals surface area contributed by atoms with Gasteiger partial charge in [-0.2, -0.15) is 0 Å². The molecule has 1 heterocycles. The monoisotopic (exact) mass is 234 g/mol. The summed E-state index contributed by atoms with van der Waals surface area (Å²) in [6.07, 6.45) is 1.60. The van der Waals surface area contributed by atoms with Gasteiger partial charge in [0.2, 0.25) is 0 Å². The smallest absolute Gasteiger partial charge is 0.134 e. The Morgan fingerprint density at radius 2 is 1.59 bits per heavy atom. The van der Waals surface area contributed by atoms with E-state index in [0.717, 1.165) is 17.2 Å². The molecule has 1 saturated carbocycles. The average Bonchev–Trinajstić information content (AvgIpc) is 2.63. The fourth-order valence-corrected chi connectivity index (χ4v) is 2.54. The largest absolute Gasteiger partial charge is 0.373 e. The summed E-state index contributed by atoms with van der Waals surface area (Å²) in [6.45, 7) is 11.2. The predicted molar refractivity (Wildman–Crippen MR) is 71.3 cm³/mol. The van der Waals surface area contributed by atoms with Gasteiger partial charge in [-0.15, -0.1) is 0 Å². The van der Waals surface area contributed by atoms with Crippen LogP contribution in [0.25, 0.3) is 0 Å². The van der Waals surface area contributed by atoms with Crippen LogP contribution < -0.4 is 10.6 Å². The van der Waals surface area contributed by atoms with Crippen molar-refractivity contribution in [1.82, 2.24) is 9.97 Å². The van der Waals surface area contributed by atoms with E-state index in [4.69, 9.17) is 0 Å². The molecule has 4 nitrogen and oxygen atoms in total. The number of aromatic nitrogens is 2. The van der Waals surface area contributed by atoms with Crippen LogP contribution in [0.3, 0.4) is 0 Å². The molecular weight excluding hydrogens is 212 g/mol. The molecule has 2 N–H and O–H groups in total. The van der Waals surface area contributed by atoms with Crippen molar-refractivity contribution in [3.05, 3.63) is 11.9 Å². The van der Waals surface area contributed by atoms with Crippen LogP contribution >= 0.6 is 0 Å². The molecule has 0 amide bonds. The summed E-state index contributed by atoms with van der Waals surface area (Å²) in [6, 6.07) is 0.466. The quantitative estimate of drug-likeness (QED) is 0.844. The maximum atomic E-state index is 4.34.